The molecule has 1 saturated heterocycles. The molecule has 8 heteroatoms. The first-order valence-electron chi connectivity index (χ1n) is 12.0. The summed E-state index contributed by atoms with van der Waals surface area (Å²) in [5, 5.41) is 4.07. The molecule has 1 amide bonds. The minimum atomic E-state index is -0.237. The van der Waals surface area contributed by atoms with Gasteiger partial charge in [0.05, 0.1) is 16.7 Å². The molecule has 1 fully saturated rings. The van der Waals surface area contributed by atoms with Crippen LogP contribution in [0.4, 0.5) is 5.69 Å². The maximum atomic E-state index is 13.1. The number of hydrogen-bond acceptors (Lipinski definition) is 4. The Morgan fingerprint density at radius 1 is 1.14 bits per heavy atom. The number of aromatic nitrogens is 3. The van der Waals surface area contributed by atoms with Gasteiger partial charge in [-0.1, -0.05) is 23.7 Å². The van der Waals surface area contributed by atoms with Crippen molar-refractivity contribution in [3.8, 4) is 11.4 Å². The number of aromatic amines is 2. The number of rotatable bonds is 6. The first-order valence-corrected chi connectivity index (χ1v) is 12.4. The second-order valence-corrected chi connectivity index (χ2v) is 9.47. The first-order chi connectivity index (χ1) is 17.0. The Bertz CT molecular complexity index is 1440. The van der Waals surface area contributed by atoms with Crippen LogP contribution in [0.2, 0.25) is 5.02 Å². The highest BCUT2D eigenvalue weighted by Crippen LogP contribution is 2.27. The lowest BCUT2D eigenvalue weighted by Gasteiger charge is -2.26. The summed E-state index contributed by atoms with van der Waals surface area (Å²) in [5.41, 5.74) is 5.05. The summed E-state index contributed by atoms with van der Waals surface area (Å²) in [5.74, 6) is 0.518. The summed E-state index contributed by atoms with van der Waals surface area (Å²) in [6, 6.07) is 13.3. The Labute approximate surface area is 208 Å². The topological polar surface area (TPSA) is 93.9 Å². The maximum Gasteiger partial charge on any atom is 0.261 e. The van der Waals surface area contributed by atoms with Gasteiger partial charge in [-0.25, -0.2) is 4.98 Å². The second kappa shape index (κ2) is 9.96. The number of carbonyl (C=O) groups excluding carboxylic acids is 1. The summed E-state index contributed by atoms with van der Waals surface area (Å²) < 4.78 is 0. The van der Waals surface area contributed by atoms with E-state index >= 15 is 0 Å². The molecule has 0 unspecified atom stereocenters. The Kier molecular flexibility index (Phi) is 6.59. The van der Waals surface area contributed by atoms with E-state index in [0.29, 0.717) is 34.2 Å². The Hall–Kier alpha value is -3.58. The average molecular weight is 490 g/mol. The lowest BCUT2D eigenvalue weighted by molar-refractivity contribution is 0.0724. The summed E-state index contributed by atoms with van der Waals surface area (Å²) in [4.78, 5) is 38.6. The van der Waals surface area contributed by atoms with Crippen molar-refractivity contribution in [2.45, 2.75) is 32.6 Å². The van der Waals surface area contributed by atoms with Crippen LogP contribution in [0.1, 0.15) is 40.7 Å². The van der Waals surface area contributed by atoms with Crippen molar-refractivity contribution in [2.75, 3.05) is 25.0 Å². The minimum Gasteiger partial charge on any atom is -0.384 e. The van der Waals surface area contributed by atoms with Gasteiger partial charge in [0.15, 0.2) is 0 Å². The van der Waals surface area contributed by atoms with E-state index < -0.39 is 0 Å². The summed E-state index contributed by atoms with van der Waals surface area (Å²) in [7, 11) is 0. The fourth-order valence-corrected chi connectivity index (χ4v) is 4.92. The molecule has 3 heterocycles. The van der Waals surface area contributed by atoms with Crippen molar-refractivity contribution >= 4 is 34.2 Å². The van der Waals surface area contributed by atoms with Crippen molar-refractivity contribution in [3.63, 3.8) is 0 Å². The van der Waals surface area contributed by atoms with Crippen LogP contribution in [-0.2, 0) is 6.42 Å². The van der Waals surface area contributed by atoms with E-state index in [0.717, 1.165) is 54.5 Å². The van der Waals surface area contributed by atoms with Crippen LogP contribution >= 0.6 is 11.6 Å². The number of carbonyl (C=O) groups is 1. The molecule has 1 aliphatic heterocycles. The number of fused-ring (bicyclic) bond motifs is 1. The number of nitrogens with zero attached hydrogens (tertiary/aromatic N) is 2. The van der Waals surface area contributed by atoms with Gasteiger partial charge < -0.3 is 20.2 Å². The van der Waals surface area contributed by atoms with E-state index in [1.165, 1.54) is 6.42 Å². The molecule has 0 spiro atoms. The molecule has 180 valence electrons. The summed E-state index contributed by atoms with van der Waals surface area (Å²) in [6.45, 7) is 4.17. The molecule has 0 bridgehead atoms. The highest BCUT2D eigenvalue weighted by molar-refractivity contribution is 6.30. The van der Waals surface area contributed by atoms with Crippen LogP contribution in [0.3, 0.4) is 0 Å². The van der Waals surface area contributed by atoms with Gasteiger partial charge in [0.2, 0.25) is 0 Å². The van der Waals surface area contributed by atoms with Gasteiger partial charge in [-0.3, -0.25) is 9.59 Å². The van der Waals surface area contributed by atoms with Crippen LogP contribution in [0, 0.1) is 6.92 Å². The number of piperidine rings is 1. The Morgan fingerprint density at radius 2 is 1.97 bits per heavy atom. The van der Waals surface area contributed by atoms with Gasteiger partial charge >= 0.3 is 0 Å². The lowest BCUT2D eigenvalue weighted by Crippen LogP contribution is -2.35. The number of benzene rings is 2. The SMILES string of the molecule is Cc1cc(C(=O)N2CCCCC2)cc2[nH]c(-c3c(NCCc4cccc(Cl)c4)cc[nH]c3=O)nc12. The molecule has 0 atom stereocenters. The maximum absolute atomic E-state index is 13.1. The van der Waals surface area contributed by atoms with E-state index in [1.54, 1.807) is 6.20 Å². The molecule has 5 rings (SSSR count). The third kappa shape index (κ3) is 4.95. The molecule has 0 radical (unpaired) electrons. The van der Waals surface area contributed by atoms with Crippen LogP contribution in [0.5, 0.6) is 0 Å². The van der Waals surface area contributed by atoms with E-state index in [4.69, 9.17) is 16.6 Å². The van der Waals surface area contributed by atoms with Crippen molar-refractivity contribution in [3.05, 3.63) is 80.7 Å². The summed E-state index contributed by atoms with van der Waals surface area (Å²) in [6.07, 6.45) is 5.65. The first kappa shape index (κ1) is 23.2. The number of pyridine rings is 1. The number of imidazole rings is 1. The zero-order valence-electron chi connectivity index (χ0n) is 19.7. The molecule has 3 N–H and O–H groups in total. The molecule has 4 aromatic rings. The van der Waals surface area contributed by atoms with Gasteiger partial charge in [-0.15, -0.1) is 0 Å². The Balaban J connectivity index is 1.43. The van der Waals surface area contributed by atoms with Crippen LogP contribution in [-0.4, -0.2) is 45.4 Å². The number of hydrogen-bond donors (Lipinski definition) is 3. The highest BCUT2D eigenvalue weighted by atomic mass is 35.5. The van der Waals surface area contributed by atoms with E-state index in [1.807, 2.05) is 54.3 Å². The number of nitrogens with one attached hydrogen (secondary N) is 3. The molecule has 0 aliphatic carbocycles. The predicted molar refractivity (Wildman–Crippen MR) is 140 cm³/mol. The van der Waals surface area contributed by atoms with Crippen molar-refractivity contribution in [2.24, 2.45) is 0 Å². The van der Waals surface area contributed by atoms with Crippen molar-refractivity contribution in [1.82, 2.24) is 19.9 Å². The molecule has 1 aliphatic rings. The van der Waals surface area contributed by atoms with E-state index in [9.17, 15) is 9.59 Å². The van der Waals surface area contributed by atoms with Gasteiger partial charge in [0.25, 0.3) is 11.5 Å². The lowest BCUT2D eigenvalue weighted by atomic mass is 10.1. The Morgan fingerprint density at radius 3 is 2.77 bits per heavy atom. The quantitative estimate of drug-likeness (QED) is 0.348. The van der Waals surface area contributed by atoms with Crippen LogP contribution in [0.15, 0.2) is 53.5 Å². The van der Waals surface area contributed by atoms with E-state index in [2.05, 4.69) is 15.3 Å². The molecule has 2 aromatic heterocycles. The zero-order valence-corrected chi connectivity index (χ0v) is 20.4. The summed E-state index contributed by atoms with van der Waals surface area (Å²) >= 11 is 6.09. The number of aryl methyl sites for hydroxylation is 1. The average Bonchev–Trinajstić information content (AvgIpc) is 3.28. The zero-order chi connectivity index (χ0) is 24.4. The van der Waals surface area contributed by atoms with Gasteiger partial charge in [0, 0.05) is 36.4 Å². The fraction of sp³-hybridized carbons (Fsp3) is 0.296. The molecule has 35 heavy (non-hydrogen) atoms. The number of H-pyrrole nitrogens is 2. The normalized spacial score (nSPS) is 13.8. The number of anilines is 1. The standard InChI is InChI=1S/C27H28ClN5O2/c1-17-14-19(27(35)33-12-3-2-4-13-33)16-22-24(17)32-25(31-22)23-21(9-11-30-26(23)34)29-10-8-18-6-5-7-20(28)15-18/h5-7,9,11,14-16H,2-4,8,10,12-13H2,1H3,(H,31,32)(H2,29,30,34). The van der Waals surface area contributed by atoms with Gasteiger partial charge in [-0.2, -0.15) is 0 Å². The largest absolute Gasteiger partial charge is 0.384 e. The highest BCUT2D eigenvalue weighted by Gasteiger charge is 2.21. The third-order valence-electron chi connectivity index (χ3n) is 6.48. The monoisotopic (exact) mass is 489 g/mol. The fourth-order valence-electron chi connectivity index (χ4n) is 4.71. The molecule has 2 aromatic carbocycles. The molecule has 0 saturated carbocycles. The van der Waals surface area contributed by atoms with Crippen LogP contribution < -0.4 is 10.9 Å². The van der Waals surface area contributed by atoms with Gasteiger partial charge in [-0.05, 0) is 74.1 Å². The van der Waals surface area contributed by atoms with Crippen molar-refractivity contribution in [1.29, 1.82) is 0 Å². The smallest absolute Gasteiger partial charge is 0.261 e. The number of halogens is 1. The molecular formula is C27H28ClN5O2. The molecular weight excluding hydrogens is 462 g/mol. The minimum absolute atomic E-state index is 0.0479. The van der Waals surface area contributed by atoms with Gasteiger partial charge in [0.1, 0.15) is 11.4 Å². The second-order valence-electron chi connectivity index (χ2n) is 9.03. The van der Waals surface area contributed by atoms with Crippen LogP contribution in [0.25, 0.3) is 22.4 Å². The number of amides is 1. The third-order valence-corrected chi connectivity index (χ3v) is 6.72. The molecule has 7 nitrogen and oxygen atoms in total. The predicted octanol–water partition coefficient (Wildman–Crippen LogP) is 5.16. The van der Waals surface area contributed by atoms with Crippen molar-refractivity contribution < 1.29 is 4.79 Å². The number of likely N-dealkylation sites (tertiary alicyclic amines) is 1. The van der Waals surface area contributed by atoms with E-state index in [-0.39, 0.29) is 11.5 Å².